The number of carbonyl (C=O) groups is 1. The standard InChI is InChI=1S/C15H18N2.C9H10N2O/c1-2-17-9-6-12(7-10-17)13-3-4-15-14(11-13)5-8-16-15;10-9(12)11-6-5-7-3-1-2-4-8(7)11/h3-6,8,11,16H,2,7,9-10H2,1H3;1-4H,5-6H2,(H2,10,12). The van der Waals surface area contributed by atoms with Gasteiger partial charge in [0.15, 0.2) is 0 Å². The topological polar surface area (TPSA) is 65.4 Å². The van der Waals surface area contributed by atoms with Crippen molar-refractivity contribution in [3.63, 3.8) is 0 Å². The lowest BCUT2D eigenvalue weighted by molar-refractivity contribution is 0.254. The van der Waals surface area contributed by atoms with Gasteiger partial charge >= 0.3 is 6.03 Å². The van der Waals surface area contributed by atoms with E-state index in [1.807, 2.05) is 30.5 Å². The molecule has 0 saturated carbocycles. The van der Waals surface area contributed by atoms with Gasteiger partial charge in [0.1, 0.15) is 0 Å². The van der Waals surface area contributed by atoms with Crippen molar-refractivity contribution in [2.24, 2.45) is 5.73 Å². The molecule has 0 atom stereocenters. The molecule has 1 aromatic heterocycles. The minimum Gasteiger partial charge on any atom is -0.361 e. The summed E-state index contributed by atoms with van der Waals surface area (Å²) in [5, 5.41) is 1.31. The van der Waals surface area contributed by atoms with Gasteiger partial charge in [0.05, 0.1) is 0 Å². The van der Waals surface area contributed by atoms with E-state index >= 15 is 0 Å². The van der Waals surface area contributed by atoms with Crippen molar-refractivity contribution in [1.82, 2.24) is 9.88 Å². The molecule has 5 rings (SSSR count). The van der Waals surface area contributed by atoms with Gasteiger partial charge in [-0.2, -0.15) is 0 Å². The number of likely N-dealkylation sites (N-methyl/N-ethyl adjacent to an activating group) is 1. The highest BCUT2D eigenvalue weighted by Gasteiger charge is 2.21. The van der Waals surface area contributed by atoms with E-state index < -0.39 is 0 Å². The summed E-state index contributed by atoms with van der Waals surface area (Å²) < 4.78 is 0. The molecule has 3 aromatic rings. The van der Waals surface area contributed by atoms with E-state index in [1.165, 1.54) is 40.6 Å². The first kappa shape index (κ1) is 19.3. The summed E-state index contributed by atoms with van der Waals surface area (Å²) in [6.45, 7) is 6.38. The molecule has 2 aliphatic heterocycles. The lowest BCUT2D eigenvalue weighted by Crippen LogP contribution is -2.33. The van der Waals surface area contributed by atoms with Crippen LogP contribution in [0.1, 0.15) is 24.5 Å². The average molecular weight is 389 g/mol. The van der Waals surface area contributed by atoms with Crippen molar-refractivity contribution in [2.45, 2.75) is 19.8 Å². The number of rotatable bonds is 2. The zero-order chi connectivity index (χ0) is 20.2. The summed E-state index contributed by atoms with van der Waals surface area (Å²) >= 11 is 0. The summed E-state index contributed by atoms with van der Waals surface area (Å²) in [7, 11) is 0. The van der Waals surface area contributed by atoms with Crippen molar-refractivity contribution < 1.29 is 4.79 Å². The SMILES string of the molecule is CCN1CC=C(c2ccc3[nH]ccc3c2)CC1.NC(=O)N1CCc2ccccc21. The van der Waals surface area contributed by atoms with Crippen molar-refractivity contribution >= 4 is 28.2 Å². The van der Waals surface area contributed by atoms with E-state index in [2.05, 4.69) is 47.1 Å². The van der Waals surface area contributed by atoms with E-state index in [0.29, 0.717) is 6.54 Å². The minimum absolute atomic E-state index is 0.361. The second kappa shape index (κ2) is 8.53. The Kier molecular flexibility index (Phi) is 5.67. The van der Waals surface area contributed by atoms with Crippen LogP contribution in [0, 0.1) is 0 Å². The first-order valence-corrected chi connectivity index (χ1v) is 10.3. The Morgan fingerprint density at radius 1 is 1.10 bits per heavy atom. The van der Waals surface area contributed by atoms with Crippen molar-refractivity contribution in [2.75, 3.05) is 31.1 Å². The number of nitrogens with two attached hydrogens (primary N) is 1. The maximum absolute atomic E-state index is 10.9. The number of amides is 2. The first-order chi connectivity index (χ1) is 14.2. The largest absolute Gasteiger partial charge is 0.361 e. The van der Waals surface area contributed by atoms with Crippen LogP contribution in [-0.2, 0) is 6.42 Å². The summed E-state index contributed by atoms with van der Waals surface area (Å²) in [5.41, 5.74) is 11.5. The Morgan fingerprint density at radius 2 is 1.97 bits per heavy atom. The number of nitrogens with one attached hydrogen (secondary N) is 1. The number of benzene rings is 2. The zero-order valence-corrected chi connectivity index (χ0v) is 16.9. The van der Waals surface area contributed by atoms with Crippen LogP contribution in [0.4, 0.5) is 10.5 Å². The third kappa shape index (κ3) is 4.20. The molecule has 3 N–H and O–H groups in total. The van der Waals surface area contributed by atoms with Gasteiger partial charge in [-0.1, -0.05) is 37.3 Å². The molecule has 3 heterocycles. The lowest BCUT2D eigenvalue weighted by atomic mass is 9.98. The second-order valence-electron chi connectivity index (χ2n) is 7.52. The number of hydrogen-bond acceptors (Lipinski definition) is 2. The number of primary amides is 1. The molecular formula is C24H28N4O. The summed E-state index contributed by atoms with van der Waals surface area (Å²) in [6.07, 6.45) is 6.46. The van der Waals surface area contributed by atoms with Gasteiger partial charge in [0.2, 0.25) is 0 Å². The van der Waals surface area contributed by atoms with Gasteiger partial charge < -0.3 is 10.7 Å². The molecule has 0 spiro atoms. The molecule has 5 heteroatoms. The van der Waals surface area contributed by atoms with Crippen molar-refractivity contribution in [1.29, 1.82) is 0 Å². The van der Waals surface area contributed by atoms with E-state index in [1.54, 1.807) is 4.90 Å². The molecule has 0 bridgehead atoms. The number of hydrogen-bond donors (Lipinski definition) is 2. The molecule has 2 aromatic carbocycles. The Bertz CT molecular complexity index is 1040. The Hall–Kier alpha value is -3.05. The van der Waals surface area contributed by atoms with Gasteiger partial charge in [-0.25, -0.2) is 4.79 Å². The van der Waals surface area contributed by atoms with Gasteiger partial charge in [0.25, 0.3) is 0 Å². The number of aromatic amines is 1. The smallest absolute Gasteiger partial charge is 0.319 e. The Labute approximate surface area is 171 Å². The molecule has 5 nitrogen and oxygen atoms in total. The number of para-hydroxylation sites is 1. The van der Waals surface area contributed by atoms with Gasteiger partial charge in [0, 0.05) is 37.0 Å². The fourth-order valence-electron chi connectivity index (χ4n) is 4.08. The summed E-state index contributed by atoms with van der Waals surface area (Å²) in [4.78, 5) is 18.2. The number of carbonyl (C=O) groups excluding carboxylic acids is 1. The molecule has 0 saturated heterocycles. The highest BCUT2D eigenvalue weighted by molar-refractivity contribution is 5.93. The van der Waals surface area contributed by atoms with Crippen LogP contribution in [0.25, 0.3) is 16.5 Å². The average Bonchev–Trinajstić information content (AvgIpc) is 3.40. The Morgan fingerprint density at radius 3 is 2.72 bits per heavy atom. The molecule has 2 aliphatic rings. The van der Waals surface area contributed by atoms with Crippen molar-refractivity contribution in [3.8, 4) is 0 Å². The van der Waals surface area contributed by atoms with Crippen LogP contribution in [0.5, 0.6) is 0 Å². The third-order valence-corrected chi connectivity index (χ3v) is 5.82. The number of anilines is 1. The fourth-order valence-corrected chi connectivity index (χ4v) is 4.08. The lowest BCUT2D eigenvalue weighted by Gasteiger charge is -2.24. The molecule has 150 valence electrons. The third-order valence-electron chi connectivity index (χ3n) is 5.82. The number of aromatic nitrogens is 1. The highest BCUT2D eigenvalue weighted by atomic mass is 16.2. The first-order valence-electron chi connectivity index (χ1n) is 10.3. The fraction of sp³-hybridized carbons (Fsp3) is 0.292. The predicted octanol–water partition coefficient (Wildman–Crippen LogP) is 4.40. The maximum Gasteiger partial charge on any atom is 0.319 e. The van der Waals surface area contributed by atoms with Crippen LogP contribution in [-0.4, -0.2) is 42.1 Å². The summed E-state index contributed by atoms with van der Waals surface area (Å²) in [6, 6.07) is 16.3. The molecule has 0 unspecified atom stereocenters. The van der Waals surface area contributed by atoms with Crippen LogP contribution in [0.15, 0.2) is 60.8 Å². The molecular weight excluding hydrogens is 360 g/mol. The quantitative estimate of drug-likeness (QED) is 0.683. The number of fused-ring (bicyclic) bond motifs is 2. The number of nitrogens with zero attached hydrogens (tertiary/aromatic N) is 2. The molecule has 0 radical (unpaired) electrons. The Balaban J connectivity index is 0.000000150. The molecule has 0 fully saturated rings. The highest BCUT2D eigenvalue weighted by Crippen LogP contribution is 2.27. The van der Waals surface area contributed by atoms with E-state index in [4.69, 9.17) is 5.73 Å². The maximum atomic E-state index is 10.9. The second-order valence-corrected chi connectivity index (χ2v) is 7.52. The number of urea groups is 1. The van der Waals surface area contributed by atoms with Crippen LogP contribution in [0.2, 0.25) is 0 Å². The molecule has 29 heavy (non-hydrogen) atoms. The van der Waals surface area contributed by atoms with Gasteiger partial charge in [-0.05, 0) is 65.7 Å². The monoisotopic (exact) mass is 388 g/mol. The van der Waals surface area contributed by atoms with E-state index in [0.717, 1.165) is 25.2 Å². The van der Waals surface area contributed by atoms with Gasteiger partial charge in [-0.3, -0.25) is 9.80 Å². The van der Waals surface area contributed by atoms with Gasteiger partial charge in [-0.15, -0.1) is 0 Å². The van der Waals surface area contributed by atoms with Crippen molar-refractivity contribution in [3.05, 3.63) is 71.9 Å². The summed E-state index contributed by atoms with van der Waals surface area (Å²) in [5.74, 6) is 0. The van der Waals surface area contributed by atoms with E-state index in [-0.39, 0.29) is 6.03 Å². The minimum atomic E-state index is -0.361. The molecule has 0 aliphatic carbocycles. The predicted molar refractivity (Wildman–Crippen MR) is 120 cm³/mol. The van der Waals surface area contributed by atoms with E-state index in [9.17, 15) is 4.79 Å². The van der Waals surface area contributed by atoms with Crippen LogP contribution >= 0.6 is 0 Å². The van der Waals surface area contributed by atoms with Crippen LogP contribution < -0.4 is 10.6 Å². The normalized spacial score (nSPS) is 16.2. The molecule has 2 amide bonds. The zero-order valence-electron chi connectivity index (χ0n) is 16.9. The van der Waals surface area contributed by atoms with Crippen LogP contribution in [0.3, 0.4) is 0 Å². The number of H-pyrrole nitrogens is 1.